The molecule has 3 rings (SSSR count). The Morgan fingerprint density at radius 3 is 2.30 bits per heavy atom. The van der Waals surface area contributed by atoms with Crippen molar-refractivity contribution in [2.24, 2.45) is 0 Å². The van der Waals surface area contributed by atoms with Gasteiger partial charge in [0.25, 0.3) is 0 Å². The molecule has 0 saturated carbocycles. The maximum atomic E-state index is 12.3. The number of hydrogen-bond donors (Lipinski definition) is 0. The molecule has 0 aromatic heterocycles. The summed E-state index contributed by atoms with van der Waals surface area (Å²) in [5.41, 5.74) is 0.614. The molecule has 1 heterocycles. The van der Waals surface area contributed by atoms with Gasteiger partial charge in [0.2, 0.25) is 5.91 Å². The molecular formula is C17H14F3NO5S. The standard InChI is InChI=1S/C17H14F3NO5S/c18-17(19,20)25-14-3-1-4-15(11-14)27(23,24)26-13-8-6-12(7-9-13)21-10-2-5-16(21)22/h1,3-4,6-9,11H,2,5,10H2. The molecule has 0 radical (unpaired) electrons. The normalized spacial score (nSPS) is 15.1. The second-order valence-corrected chi connectivity index (χ2v) is 7.25. The molecule has 1 aliphatic heterocycles. The molecule has 144 valence electrons. The molecule has 27 heavy (non-hydrogen) atoms. The highest BCUT2D eigenvalue weighted by Crippen LogP contribution is 2.28. The summed E-state index contributed by atoms with van der Waals surface area (Å²) in [4.78, 5) is 12.8. The van der Waals surface area contributed by atoms with Crippen LogP contribution in [0.15, 0.2) is 53.4 Å². The topological polar surface area (TPSA) is 72.9 Å². The summed E-state index contributed by atoms with van der Waals surface area (Å²) in [6.07, 6.45) is -3.73. The van der Waals surface area contributed by atoms with Gasteiger partial charge >= 0.3 is 16.5 Å². The molecule has 2 aromatic rings. The molecule has 1 amide bonds. The smallest absolute Gasteiger partial charge is 0.406 e. The number of amides is 1. The Hall–Kier alpha value is -2.75. The van der Waals surface area contributed by atoms with Crippen molar-refractivity contribution in [3.05, 3.63) is 48.5 Å². The number of carbonyl (C=O) groups is 1. The Balaban J connectivity index is 1.76. The monoisotopic (exact) mass is 401 g/mol. The van der Waals surface area contributed by atoms with Gasteiger partial charge in [-0.25, -0.2) is 0 Å². The highest BCUT2D eigenvalue weighted by molar-refractivity contribution is 7.87. The molecule has 10 heteroatoms. The molecule has 1 aliphatic rings. The van der Waals surface area contributed by atoms with Crippen LogP contribution in [0.1, 0.15) is 12.8 Å². The van der Waals surface area contributed by atoms with E-state index < -0.39 is 27.1 Å². The fraction of sp³-hybridized carbons (Fsp3) is 0.235. The SMILES string of the molecule is O=C1CCCN1c1ccc(OS(=O)(=O)c2cccc(OC(F)(F)F)c2)cc1. The van der Waals surface area contributed by atoms with E-state index in [1.807, 2.05) is 0 Å². The Labute approximate surface area is 153 Å². The van der Waals surface area contributed by atoms with Crippen molar-refractivity contribution in [1.29, 1.82) is 0 Å². The number of ether oxygens (including phenoxy) is 1. The van der Waals surface area contributed by atoms with Crippen molar-refractivity contribution in [3.8, 4) is 11.5 Å². The van der Waals surface area contributed by atoms with Crippen LogP contribution in [0.5, 0.6) is 11.5 Å². The van der Waals surface area contributed by atoms with E-state index >= 15 is 0 Å². The van der Waals surface area contributed by atoms with Gasteiger partial charge in [-0.2, -0.15) is 8.42 Å². The lowest BCUT2D eigenvalue weighted by molar-refractivity contribution is -0.274. The van der Waals surface area contributed by atoms with Gasteiger partial charge in [-0.15, -0.1) is 13.2 Å². The van der Waals surface area contributed by atoms with Crippen LogP contribution in [0.3, 0.4) is 0 Å². The number of carbonyl (C=O) groups excluding carboxylic acids is 1. The zero-order chi connectivity index (χ0) is 19.7. The van der Waals surface area contributed by atoms with Crippen molar-refractivity contribution >= 4 is 21.7 Å². The largest absolute Gasteiger partial charge is 0.573 e. The van der Waals surface area contributed by atoms with Gasteiger partial charge in [-0.1, -0.05) is 6.07 Å². The second kappa shape index (κ2) is 7.10. The van der Waals surface area contributed by atoms with E-state index in [4.69, 9.17) is 4.18 Å². The molecule has 0 unspecified atom stereocenters. The first-order valence-electron chi connectivity index (χ1n) is 7.85. The Morgan fingerprint density at radius 1 is 1.00 bits per heavy atom. The van der Waals surface area contributed by atoms with Crippen LogP contribution < -0.4 is 13.8 Å². The summed E-state index contributed by atoms with van der Waals surface area (Å²) in [7, 11) is -4.36. The summed E-state index contributed by atoms with van der Waals surface area (Å²) >= 11 is 0. The molecule has 0 spiro atoms. The summed E-state index contributed by atoms with van der Waals surface area (Å²) in [5.74, 6) is -0.722. The maximum absolute atomic E-state index is 12.3. The lowest BCUT2D eigenvalue weighted by Crippen LogP contribution is -2.23. The first kappa shape index (κ1) is 19.0. The zero-order valence-corrected chi connectivity index (χ0v) is 14.6. The van der Waals surface area contributed by atoms with Gasteiger partial charge in [0.15, 0.2) is 0 Å². The van der Waals surface area contributed by atoms with Crippen LogP contribution in [-0.2, 0) is 14.9 Å². The van der Waals surface area contributed by atoms with Crippen LogP contribution in [0, 0.1) is 0 Å². The van der Waals surface area contributed by atoms with Gasteiger partial charge in [0, 0.05) is 24.7 Å². The first-order chi connectivity index (χ1) is 12.6. The third-order valence-corrected chi connectivity index (χ3v) is 5.00. The Bertz CT molecular complexity index is 942. The minimum absolute atomic E-state index is 0.0160. The minimum Gasteiger partial charge on any atom is -0.406 e. The van der Waals surface area contributed by atoms with E-state index in [1.54, 1.807) is 4.90 Å². The fourth-order valence-electron chi connectivity index (χ4n) is 2.60. The Kier molecular flexibility index (Phi) is 5.01. The number of hydrogen-bond acceptors (Lipinski definition) is 5. The van der Waals surface area contributed by atoms with Gasteiger partial charge in [-0.05, 0) is 42.8 Å². The lowest BCUT2D eigenvalue weighted by atomic mass is 10.3. The van der Waals surface area contributed by atoms with E-state index in [1.165, 1.54) is 24.3 Å². The molecule has 0 atom stereocenters. The highest BCUT2D eigenvalue weighted by atomic mass is 32.2. The van der Waals surface area contributed by atoms with Gasteiger partial charge in [0.1, 0.15) is 16.4 Å². The van der Waals surface area contributed by atoms with Crippen molar-refractivity contribution in [2.75, 3.05) is 11.4 Å². The van der Waals surface area contributed by atoms with Crippen molar-refractivity contribution in [3.63, 3.8) is 0 Å². The van der Waals surface area contributed by atoms with Crippen LogP contribution in [0.2, 0.25) is 0 Å². The van der Waals surface area contributed by atoms with E-state index in [2.05, 4.69) is 4.74 Å². The second-order valence-electron chi connectivity index (χ2n) is 5.70. The van der Waals surface area contributed by atoms with Gasteiger partial charge in [0.05, 0.1) is 0 Å². The van der Waals surface area contributed by atoms with Crippen molar-refractivity contribution in [2.45, 2.75) is 24.1 Å². The van der Waals surface area contributed by atoms with Crippen molar-refractivity contribution in [1.82, 2.24) is 0 Å². The molecule has 6 nitrogen and oxygen atoms in total. The van der Waals surface area contributed by atoms with Crippen molar-refractivity contribution < 1.29 is 35.3 Å². The quantitative estimate of drug-likeness (QED) is 0.718. The number of alkyl halides is 3. The number of nitrogens with zero attached hydrogens (tertiary/aromatic N) is 1. The number of benzene rings is 2. The average molecular weight is 401 g/mol. The van der Waals surface area contributed by atoms with Crippen LogP contribution >= 0.6 is 0 Å². The van der Waals surface area contributed by atoms with E-state index in [9.17, 15) is 26.4 Å². The summed E-state index contributed by atoms with van der Waals surface area (Å²) < 4.78 is 70.1. The molecular weight excluding hydrogens is 387 g/mol. The average Bonchev–Trinajstić information content (AvgIpc) is 3.00. The third-order valence-electron chi connectivity index (χ3n) is 3.76. The Morgan fingerprint density at radius 2 is 1.70 bits per heavy atom. The predicted molar refractivity (Wildman–Crippen MR) is 89.0 cm³/mol. The zero-order valence-electron chi connectivity index (χ0n) is 13.8. The molecule has 1 fully saturated rings. The molecule has 0 aliphatic carbocycles. The maximum Gasteiger partial charge on any atom is 0.573 e. The van der Waals surface area contributed by atoms with Crippen LogP contribution in [0.25, 0.3) is 0 Å². The summed E-state index contributed by atoms with van der Waals surface area (Å²) in [6.45, 7) is 0.587. The van der Waals surface area contributed by atoms with Crippen LogP contribution in [-0.4, -0.2) is 27.2 Å². The molecule has 1 saturated heterocycles. The number of anilines is 1. The van der Waals surface area contributed by atoms with E-state index in [0.717, 1.165) is 30.7 Å². The third kappa shape index (κ3) is 4.70. The van der Waals surface area contributed by atoms with E-state index in [0.29, 0.717) is 18.7 Å². The molecule has 0 N–H and O–H groups in total. The summed E-state index contributed by atoms with van der Waals surface area (Å²) in [5, 5.41) is 0. The van der Waals surface area contributed by atoms with Gasteiger partial charge in [-0.3, -0.25) is 4.79 Å². The minimum atomic E-state index is -4.94. The predicted octanol–water partition coefficient (Wildman–Crippen LogP) is 3.48. The lowest BCUT2D eigenvalue weighted by Gasteiger charge is -2.16. The summed E-state index contributed by atoms with van der Waals surface area (Å²) in [6, 6.07) is 9.72. The fourth-order valence-corrected chi connectivity index (χ4v) is 3.57. The van der Waals surface area contributed by atoms with Crippen LogP contribution in [0.4, 0.5) is 18.9 Å². The number of halogens is 3. The first-order valence-corrected chi connectivity index (χ1v) is 9.26. The molecule has 2 aromatic carbocycles. The highest BCUT2D eigenvalue weighted by Gasteiger charge is 2.31. The van der Waals surface area contributed by atoms with E-state index in [-0.39, 0.29) is 11.7 Å². The molecule has 0 bridgehead atoms. The van der Waals surface area contributed by atoms with Gasteiger partial charge < -0.3 is 13.8 Å². The number of rotatable bonds is 5.